The minimum atomic E-state index is -0.118. The molecule has 94 valence electrons. The molecule has 18 heavy (non-hydrogen) atoms. The minimum Gasteiger partial charge on any atom is -0.401 e. The highest BCUT2D eigenvalue weighted by molar-refractivity contribution is 5.88. The van der Waals surface area contributed by atoms with E-state index in [9.17, 15) is 4.79 Å². The van der Waals surface area contributed by atoms with E-state index in [-0.39, 0.29) is 11.9 Å². The van der Waals surface area contributed by atoms with Crippen LogP contribution in [0.15, 0.2) is 28.8 Å². The first-order valence-electron chi connectivity index (χ1n) is 5.84. The van der Waals surface area contributed by atoms with E-state index in [1.807, 2.05) is 13.0 Å². The molecule has 0 aromatic carbocycles. The Balaban J connectivity index is 2.00. The third-order valence-corrected chi connectivity index (χ3v) is 2.31. The Bertz CT molecular complexity index is 510. The molecule has 0 spiro atoms. The average Bonchev–Trinajstić information content (AvgIpc) is 2.86. The van der Waals surface area contributed by atoms with E-state index in [4.69, 9.17) is 4.42 Å². The maximum atomic E-state index is 11.5. The number of nitrogens with zero attached hydrogens (tertiary/aromatic N) is 3. The molecule has 1 N–H and O–H groups in total. The normalized spacial score (nSPS) is 10.3. The number of hydrogen-bond acceptors (Lipinski definition) is 5. The zero-order chi connectivity index (χ0) is 12.8. The number of carbonyl (C=O) groups is 1. The molecule has 0 saturated carbocycles. The van der Waals surface area contributed by atoms with Gasteiger partial charge in [0.1, 0.15) is 5.69 Å². The number of hydrogen-bond donors (Lipinski definition) is 1. The highest BCUT2D eigenvalue weighted by Crippen LogP contribution is 2.16. The number of carbonyl (C=O) groups excluding carboxylic acids is 1. The van der Waals surface area contributed by atoms with Gasteiger partial charge in [-0.1, -0.05) is 24.5 Å². The van der Waals surface area contributed by atoms with Gasteiger partial charge in [0.25, 0.3) is 5.89 Å². The van der Waals surface area contributed by atoms with Crippen molar-refractivity contribution >= 4 is 11.9 Å². The van der Waals surface area contributed by atoms with Crippen LogP contribution in [0, 0.1) is 0 Å². The van der Waals surface area contributed by atoms with Gasteiger partial charge in [0, 0.05) is 12.6 Å². The monoisotopic (exact) mass is 246 g/mol. The van der Waals surface area contributed by atoms with Gasteiger partial charge in [-0.05, 0) is 18.6 Å². The second-order valence-corrected chi connectivity index (χ2v) is 3.78. The summed E-state index contributed by atoms with van der Waals surface area (Å²) >= 11 is 0. The van der Waals surface area contributed by atoms with Crippen molar-refractivity contribution in [3.63, 3.8) is 0 Å². The zero-order valence-corrected chi connectivity index (χ0v) is 10.1. The van der Waals surface area contributed by atoms with Gasteiger partial charge in [0.15, 0.2) is 0 Å². The summed E-state index contributed by atoms with van der Waals surface area (Å²) in [4.78, 5) is 15.5. The van der Waals surface area contributed by atoms with Gasteiger partial charge in [-0.15, -0.1) is 5.10 Å². The van der Waals surface area contributed by atoms with E-state index >= 15 is 0 Å². The SMILES string of the molecule is CCCCC(=O)Nc1nnc(-c2ccccn2)o1. The summed E-state index contributed by atoms with van der Waals surface area (Å²) in [6, 6.07) is 5.49. The van der Waals surface area contributed by atoms with E-state index in [1.165, 1.54) is 0 Å². The van der Waals surface area contributed by atoms with Crippen LogP contribution in [0.4, 0.5) is 6.01 Å². The molecule has 0 aliphatic rings. The third-order valence-electron chi connectivity index (χ3n) is 2.31. The number of anilines is 1. The molecular weight excluding hydrogens is 232 g/mol. The van der Waals surface area contributed by atoms with E-state index in [0.717, 1.165) is 12.8 Å². The van der Waals surface area contributed by atoms with Crippen LogP contribution in [0.5, 0.6) is 0 Å². The molecule has 6 nitrogen and oxygen atoms in total. The van der Waals surface area contributed by atoms with E-state index in [1.54, 1.807) is 18.3 Å². The van der Waals surface area contributed by atoms with E-state index in [2.05, 4.69) is 20.5 Å². The van der Waals surface area contributed by atoms with Crippen LogP contribution in [0.1, 0.15) is 26.2 Å². The molecule has 1 amide bonds. The van der Waals surface area contributed by atoms with Gasteiger partial charge in [0.2, 0.25) is 5.91 Å². The van der Waals surface area contributed by atoms with Crippen LogP contribution in [0.3, 0.4) is 0 Å². The van der Waals surface area contributed by atoms with Crippen molar-refractivity contribution in [1.82, 2.24) is 15.2 Å². The third kappa shape index (κ3) is 3.13. The predicted octanol–water partition coefficient (Wildman–Crippen LogP) is 2.26. The zero-order valence-electron chi connectivity index (χ0n) is 10.1. The quantitative estimate of drug-likeness (QED) is 0.875. The molecule has 2 rings (SSSR count). The van der Waals surface area contributed by atoms with Gasteiger partial charge < -0.3 is 4.42 Å². The molecule has 2 aromatic rings. The van der Waals surface area contributed by atoms with Crippen molar-refractivity contribution in [2.75, 3.05) is 5.32 Å². The number of amides is 1. The Labute approximate surface area is 104 Å². The van der Waals surface area contributed by atoms with Crippen LogP contribution < -0.4 is 5.32 Å². The largest absolute Gasteiger partial charge is 0.401 e. The minimum absolute atomic E-state index is 0.108. The molecule has 0 atom stereocenters. The highest BCUT2D eigenvalue weighted by Gasteiger charge is 2.11. The Hall–Kier alpha value is -2.24. The van der Waals surface area contributed by atoms with Gasteiger partial charge in [-0.25, -0.2) is 0 Å². The molecule has 2 aromatic heterocycles. The maximum absolute atomic E-state index is 11.5. The van der Waals surface area contributed by atoms with Crippen LogP contribution in [0.25, 0.3) is 11.6 Å². The van der Waals surface area contributed by atoms with Crippen LogP contribution in [0.2, 0.25) is 0 Å². The fourth-order valence-corrected chi connectivity index (χ4v) is 1.39. The standard InChI is InChI=1S/C12H14N4O2/c1-2-3-7-10(17)14-12-16-15-11(18-12)9-6-4-5-8-13-9/h4-6,8H,2-3,7H2,1H3,(H,14,16,17). The second-order valence-electron chi connectivity index (χ2n) is 3.78. The summed E-state index contributed by atoms with van der Waals surface area (Å²) in [7, 11) is 0. The first-order chi connectivity index (χ1) is 8.79. The lowest BCUT2D eigenvalue weighted by molar-refractivity contribution is -0.116. The van der Waals surface area contributed by atoms with Crippen LogP contribution in [-0.4, -0.2) is 21.1 Å². The summed E-state index contributed by atoms with van der Waals surface area (Å²) < 4.78 is 5.30. The van der Waals surface area contributed by atoms with Crippen molar-refractivity contribution in [3.8, 4) is 11.6 Å². The van der Waals surface area contributed by atoms with E-state index in [0.29, 0.717) is 18.0 Å². The lowest BCUT2D eigenvalue weighted by Crippen LogP contribution is -2.11. The Morgan fingerprint density at radius 2 is 2.28 bits per heavy atom. The van der Waals surface area contributed by atoms with Gasteiger partial charge in [-0.2, -0.15) is 0 Å². The number of nitrogens with one attached hydrogen (secondary N) is 1. The summed E-state index contributed by atoms with van der Waals surface area (Å²) in [6.45, 7) is 2.03. The van der Waals surface area contributed by atoms with Crippen molar-refractivity contribution in [2.24, 2.45) is 0 Å². The van der Waals surface area contributed by atoms with Gasteiger partial charge >= 0.3 is 6.01 Å². The summed E-state index contributed by atoms with van der Waals surface area (Å²) in [5.41, 5.74) is 0.582. The Kier molecular flexibility index (Phi) is 4.01. The molecule has 0 fully saturated rings. The molecule has 0 bridgehead atoms. The Morgan fingerprint density at radius 3 is 3.00 bits per heavy atom. The number of unbranched alkanes of at least 4 members (excludes halogenated alkanes) is 1. The summed E-state index contributed by atoms with van der Waals surface area (Å²) in [5, 5.41) is 10.1. The fourth-order valence-electron chi connectivity index (χ4n) is 1.39. The Morgan fingerprint density at radius 1 is 1.39 bits per heavy atom. The number of pyridine rings is 1. The first kappa shape index (κ1) is 12.2. The van der Waals surface area contributed by atoms with Gasteiger partial charge in [-0.3, -0.25) is 15.1 Å². The molecule has 2 heterocycles. The molecule has 0 saturated heterocycles. The van der Waals surface area contributed by atoms with Crippen molar-refractivity contribution in [3.05, 3.63) is 24.4 Å². The van der Waals surface area contributed by atoms with Crippen molar-refractivity contribution < 1.29 is 9.21 Å². The fraction of sp³-hybridized carbons (Fsp3) is 0.333. The average molecular weight is 246 g/mol. The van der Waals surface area contributed by atoms with Crippen LogP contribution >= 0.6 is 0 Å². The van der Waals surface area contributed by atoms with Crippen molar-refractivity contribution in [2.45, 2.75) is 26.2 Å². The lowest BCUT2D eigenvalue weighted by Gasteiger charge is -1.98. The predicted molar refractivity (Wildman–Crippen MR) is 65.7 cm³/mol. The molecule has 0 aliphatic carbocycles. The molecule has 0 unspecified atom stereocenters. The molecule has 0 radical (unpaired) electrons. The highest BCUT2D eigenvalue weighted by atomic mass is 16.4. The number of aromatic nitrogens is 3. The smallest absolute Gasteiger partial charge is 0.322 e. The lowest BCUT2D eigenvalue weighted by atomic mass is 10.2. The van der Waals surface area contributed by atoms with Crippen molar-refractivity contribution in [1.29, 1.82) is 0 Å². The van der Waals surface area contributed by atoms with Gasteiger partial charge in [0.05, 0.1) is 0 Å². The summed E-state index contributed by atoms with van der Waals surface area (Å²) in [5.74, 6) is 0.175. The van der Waals surface area contributed by atoms with E-state index < -0.39 is 0 Å². The van der Waals surface area contributed by atoms with Crippen LogP contribution in [-0.2, 0) is 4.79 Å². The maximum Gasteiger partial charge on any atom is 0.322 e. The number of rotatable bonds is 5. The summed E-state index contributed by atoms with van der Waals surface area (Å²) in [6.07, 6.45) is 3.90. The molecule has 6 heteroatoms. The molecular formula is C12H14N4O2. The molecule has 0 aliphatic heterocycles. The topological polar surface area (TPSA) is 80.9 Å². The first-order valence-corrected chi connectivity index (χ1v) is 5.84. The second kappa shape index (κ2) is 5.90.